The van der Waals surface area contributed by atoms with Gasteiger partial charge in [0, 0.05) is 51.7 Å². The number of hydrogen-bond acceptors (Lipinski definition) is 5. The Hall–Kier alpha value is -2.90. The molecule has 28 heavy (non-hydrogen) atoms. The maximum absolute atomic E-state index is 12.7. The lowest BCUT2D eigenvalue weighted by atomic mass is 9.97. The predicted molar refractivity (Wildman–Crippen MR) is 107 cm³/mol. The van der Waals surface area contributed by atoms with Gasteiger partial charge >= 0.3 is 5.69 Å². The highest BCUT2D eigenvalue weighted by Crippen LogP contribution is 2.22. The van der Waals surface area contributed by atoms with Crippen LogP contribution in [0.25, 0.3) is 0 Å². The molecule has 1 fully saturated rings. The molecule has 1 N–H and O–H groups in total. The standard InChI is InChI=1S/C20H27N5O3/c1-3-9-25-17(11-18(26)23(2)20(25)28)24-10-5-7-16(14-24)19(27)22-13-15-6-4-8-21-12-15/h4,6,8,11-12,16H,3,5,7,9-10,13-14H2,1-2H3,(H,22,27). The van der Waals surface area contributed by atoms with Crippen LogP contribution in [0.4, 0.5) is 5.82 Å². The number of nitrogens with one attached hydrogen (secondary N) is 1. The summed E-state index contributed by atoms with van der Waals surface area (Å²) in [4.78, 5) is 43.4. The van der Waals surface area contributed by atoms with Crippen molar-refractivity contribution in [2.75, 3.05) is 18.0 Å². The number of nitrogens with zero attached hydrogens (tertiary/aromatic N) is 4. The van der Waals surface area contributed by atoms with Crippen LogP contribution in [0.3, 0.4) is 0 Å². The summed E-state index contributed by atoms with van der Waals surface area (Å²) in [7, 11) is 1.49. The molecule has 0 saturated carbocycles. The molecule has 3 heterocycles. The predicted octanol–water partition coefficient (Wildman–Crippen LogP) is 0.885. The van der Waals surface area contributed by atoms with Crippen LogP contribution in [-0.2, 0) is 24.9 Å². The van der Waals surface area contributed by atoms with Gasteiger partial charge in [-0.2, -0.15) is 0 Å². The lowest BCUT2D eigenvalue weighted by molar-refractivity contribution is -0.125. The number of aromatic nitrogens is 3. The van der Waals surface area contributed by atoms with Crippen molar-refractivity contribution in [1.82, 2.24) is 19.4 Å². The summed E-state index contributed by atoms with van der Waals surface area (Å²) in [5.41, 5.74) is 0.315. The van der Waals surface area contributed by atoms with E-state index < -0.39 is 0 Å². The molecule has 0 aromatic carbocycles. The number of piperidine rings is 1. The molecule has 0 bridgehead atoms. The smallest absolute Gasteiger partial charge is 0.332 e. The van der Waals surface area contributed by atoms with Crippen LogP contribution in [0.5, 0.6) is 0 Å². The second-order valence-corrected chi connectivity index (χ2v) is 7.20. The maximum atomic E-state index is 12.7. The van der Waals surface area contributed by atoms with Crippen LogP contribution in [-0.4, -0.2) is 33.1 Å². The number of pyridine rings is 1. The van der Waals surface area contributed by atoms with E-state index in [0.29, 0.717) is 25.5 Å². The zero-order chi connectivity index (χ0) is 20.1. The Labute approximate surface area is 163 Å². The highest BCUT2D eigenvalue weighted by atomic mass is 16.2. The van der Waals surface area contributed by atoms with Gasteiger partial charge in [-0.05, 0) is 30.9 Å². The molecule has 2 aromatic rings. The van der Waals surface area contributed by atoms with Crippen LogP contribution in [0.15, 0.2) is 40.2 Å². The average molecular weight is 385 g/mol. The molecule has 1 atom stereocenters. The summed E-state index contributed by atoms with van der Waals surface area (Å²) in [5.74, 6) is 0.418. The zero-order valence-corrected chi connectivity index (χ0v) is 16.4. The summed E-state index contributed by atoms with van der Waals surface area (Å²) >= 11 is 0. The molecule has 1 aliphatic rings. The normalized spacial score (nSPS) is 16.8. The molecule has 1 saturated heterocycles. The van der Waals surface area contributed by atoms with Crippen molar-refractivity contribution in [3.05, 3.63) is 57.0 Å². The zero-order valence-electron chi connectivity index (χ0n) is 16.4. The Morgan fingerprint density at radius 3 is 2.89 bits per heavy atom. The van der Waals surface area contributed by atoms with E-state index in [1.165, 1.54) is 13.1 Å². The molecule has 3 rings (SSSR count). The fourth-order valence-electron chi connectivity index (χ4n) is 3.59. The molecular weight excluding hydrogens is 358 g/mol. The fourth-order valence-corrected chi connectivity index (χ4v) is 3.59. The molecule has 0 radical (unpaired) electrons. The van der Waals surface area contributed by atoms with E-state index in [0.717, 1.165) is 35.9 Å². The Morgan fingerprint density at radius 1 is 1.36 bits per heavy atom. The molecule has 0 aliphatic carbocycles. The highest BCUT2D eigenvalue weighted by Gasteiger charge is 2.27. The van der Waals surface area contributed by atoms with Crippen molar-refractivity contribution < 1.29 is 4.79 Å². The molecule has 8 nitrogen and oxygen atoms in total. The van der Waals surface area contributed by atoms with E-state index in [1.54, 1.807) is 17.0 Å². The number of carbonyl (C=O) groups excluding carboxylic acids is 1. The lowest BCUT2D eigenvalue weighted by Crippen LogP contribution is -2.47. The molecule has 1 aliphatic heterocycles. The van der Waals surface area contributed by atoms with Gasteiger partial charge in [-0.3, -0.25) is 23.7 Å². The molecule has 1 unspecified atom stereocenters. The highest BCUT2D eigenvalue weighted by molar-refractivity contribution is 5.79. The minimum absolute atomic E-state index is 0.0122. The molecule has 150 valence electrons. The Bertz CT molecular complexity index is 935. The van der Waals surface area contributed by atoms with Gasteiger partial charge in [0.25, 0.3) is 5.56 Å². The topological polar surface area (TPSA) is 89.2 Å². The van der Waals surface area contributed by atoms with Crippen LogP contribution in [0.2, 0.25) is 0 Å². The largest absolute Gasteiger partial charge is 0.357 e. The van der Waals surface area contributed by atoms with E-state index in [2.05, 4.69) is 10.3 Å². The first-order valence-corrected chi connectivity index (χ1v) is 9.73. The van der Waals surface area contributed by atoms with Crippen LogP contribution in [0, 0.1) is 5.92 Å². The van der Waals surface area contributed by atoms with Crippen LogP contribution in [0.1, 0.15) is 31.7 Å². The van der Waals surface area contributed by atoms with Gasteiger partial charge in [-0.25, -0.2) is 4.79 Å². The summed E-state index contributed by atoms with van der Waals surface area (Å²) in [6.45, 7) is 4.19. The van der Waals surface area contributed by atoms with Crippen molar-refractivity contribution in [2.45, 2.75) is 39.3 Å². The quantitative estimate of drug-likeness (QED) is 0.798. The summed E-state index contributed by atoms with van der Waals surface area (Å²) in [6.07, 6.45) is 5.84. The summed E-state index contributed by atoms with van der Waals surface area (Å²) < 4.78 is 2.76. The van der Waals surface area contributed by atoms with Crippen molar-refractivity contribution in [2.24, 2.45) is 13.0 Å². The van der Waals surface area contributed by atoms with E-state index >= 15 is 0 Å². The number of carbonyl (C=O) groups is 1. The minimum Gasteiger partial charge on any atom is -0.357 e. The maximum Gasteiger partial charge on any atom is 0.332 e. The van der Waals surface area contributed by atoms with E-state index in [-0.39, 0.29) is 23.1 Å². The number of anilines is 1. The Kier molecular flexibility index (Phi) is 6.28. The Balaban J connectivity index is 1.75. The first-order chi connectivity index (χ1) is 13.5. The summed E-state index contributed by atoms with van der Waals surface area (Å²) in [6, 6.07) is 5.27. The van der Waals surface area contributed by atoms with Crippen LogP contribution >= 0.6 is 0 Å². The second-order valence-electron chi connectivity index (χ2n) is 7.20. The Morgan fingerprint density at radius 2 is 2.18 bits per heavy atom. The van der Waals surface area contributed by atoms with Gasteiger partial charge < -0.3 is 10.2 Å². The van der Waals surface area contributed by atoms with Gasteiger partial charge in [-0.15, -0.1) is 0 Å². The SMILES string of the molecule is CCCn1c(N2CCCC(C(=O)NCc3cccnc3)C2)cc(=O)n(C)c1=O. The van der Waals surface area contributed by atoms with Crippen LogP contribution < -0.4 is 21.5 Å². The van der Waals surface area contributed by atoms with Gasteiger partial charge in [0.15, 0.2) is 0 Å². The average Bonchev–Trinajstić information content (AvgIpc) is 2.73. The molecule has 1 amide bonds. The molecule has 0 spiro atoms. The number of rotatable bonds is 6. The molecule has 8 heteroatoms. The molecule has 2 aromatic heterocycles. The van der Waals surface area contributed by atoms with Crippen molar-refractivity contribution in [3.8, 4) is 0 Å². The van der Waals surface area contributed by atoms with Gasteiger partial charge in [0.05, 0.1) is 5.92 Å². The molecular formula is C20H27N5O3. The van der Waals surface area contributed by atoms with E-state index in [1.807, 2.05) is 24.0 Å². The summed E-state index contributed by atoms with van der Waals surface area (Å²) in [5, 5.41) is 2.97. The third-order valence-electron chi connectivity index (χ3n) is 5.13. The van der Waals surface area contributed by atoms with Gasteiger partial charge in [-0.1, -0.05) is 13.0 Å². The third-order valence-corrected chi connectivity index (χ3v) is 5.13. The minimum atomic E-state index is -0.324. The number of hydrogen-bond donors (Lipinski definition) is 1. The van der Waals surface area contributed by atoms with Gasteiger partial charge in [0.1, 0.15) is 5.82 Å². The van der Waals surface area contributed by atoms with E-state index in [4.69, 9.17) is 0 Å². The van der Waals surface area contributed by atoms with E-state index in [9.17, 15) is 14.4 Å². The first kappa shape index (κ1) is 19.9. The first-order valence-electron chi connectivity index (χ1n) is 9.73. The lowest BCUT2D eigenvalue weighted by Gasteiger charge is -2.34. The fraction of sp³-hybridized carbons (Fsp3) is 0.500. The van der Waals surface area contributed by atoms with Crippen molar-refractivity contribution in [1.29, 1.82) is 0 Å². The third kappa shape index (κ3) is 4.32. The van der Waals surface area contributed by atoms with Crippen molar-refractivity contribution in [3.63, 3.8) is 0 Å². The van der Waals surface area contributed by atoms with Crippen molar-refractivity contribution >= 4 is 11.7 Å². The monoisotopic (exact) mass is 385 g/mol. The second kappa shape index (κ2) is 8.86. The number of amides is 1. The van der Waals surface area contributed by atoms with Gasteiger partial charge in [0.2, 0.25) is 5.91 Å².